The van der Waals surface area contributed by atoms with Crippen molar-refractivity contribution in [3.63, 3.8) is 0 Å². The lowest BCUT2D eigenvalue weighted by Gasteiger charge is -2.15. The number of carbonyl (C=O) groups excluding carboxylic acids is 3. The van der Waals surface area contributed by atoms with Crippen LogP contribution in [0.1, 0.15) is 17.5 Å². The third-order valence-electron chi connectivity index (χ3n) is 5.28. The molecule has 7 nitrogen and oxygen atoms in total. The molecule has 2 N–H and O–H groups in total. The van der Waals surface area contributed by atoms with Crippen LogP contribution in [0.5, 0.6) is 0 Å². The zero-order chi connectivity index (χ0) is 25.5. The van der Waals surface area contributed by atoms with Crippen LogP contribution < -0.4 is 10.2 Å². The average Bonchev–Trinajstić information content (AvgIpc) is 3.15. The third kappa shape index (κ3) is 6.37. The van der Waals surface area contributed by atoms with E-state index in [-0.39, 0.29) is 18.2 Å². The molecule has 0 spiro atoms. The van der Waals surface area contributed by atoms with E-state index in [0.717, 1.165) is 23.3 Å². The second-order valence-electron chi connectivity index (χ2n) is 7.90. The monoisotopic (exact) mass is 498 g/mol. The zero-order valence-electron chi connectivity index (χ0n) is 19.0. The van der Waals surface area contributed by atoms with Crippen molar-refractivity contribution in [2.45, 2.75) is 16.6 Å². The minimum absolute atomic E-state index is 0.0666. The number of hydrogen-bond acceptors (Lipinski definition) is 5. The number of benzene rings is 3. The summed E-state index contributed by atoms with van der Waals surface area (Å²) in [5, 5.41) is 10.6. The number of carboxylic acid groups (broad SMARTS) is 1. The van der Waals surface area contributed by atoms with Gasteiger partial charge < -0.3 is 10.4 Å². The van der Waals surface area contributed by atoms with E-state index in [2.05, 4.69) is 5.32 Å². The maximum atomic E-state index is 13.1. The molecule has 1 aliphatic rings. The molecule has 0 aliphatic carbocycles. The Labute approximate surface area is 212 Å². The Morgan fingerprint density at radius 3 is 2.28 bits per heavy atom. The summed E-state index contributed by atoms with van der Waals surface area (Å²) < 4.78 is 0. The van der Waals surface area contributed by atoms with Gasteiger partial charge in [0.1, 0.15) is 0 Å². The van der Waals surface area contributed by atoms with Crippen molar-refractivity contribution < 1.29 is 24.3 Å². The minimum Gasteiger partial charge on any atom is -0.478 e. The highest BCUT2D eigenvalue weighted by molar-refractivity contribution is 8.00. The molecule has 1 atom stereocenters. The largest absolute Gasteiger partial charge is 0.478 e. The molecule has 1 saturated heterocycles. The highest BCUT2D eigenvalue weighted by Gasteiger charge is 2.40. The van der Waals surface area contributed by atoms with Gasteiger partial charge in [-0.1, -0.05) is 60.7 Å². The summed E-state index contributed by atoms with van der Waals surface area (Å²) in [6.07, 6.45) is 5.69. The number of hydrogen-bond donors (Lipinski definition) is 2. The van der Waals surface area contributed by atoms with Crippen LogP contribution in [0.15, 0.2) is 95.9 Å². The normalized spacial score (nSPS) is 15.7. The lowest BCUT2D eigenvalue weighted by molar-refractivity contribution is -0.131. The molecular weight excluding hydrogens is 476 g/mol. The first-order chi connectivity index (χ1) is 17.4. The summed E-state index contributed by atoms with van der Waals surface area (Å²) >= 11 is 1.24. The Morgan fingerprint density at radius 1 is 0.889 bits per heavy atom. The van der Waals surface area contributed by atoms with Crippen molar-refractivity contribution in [3.8, 4) is 0 Å². The summed E-state index contributed by atoms with van der Waals surface area (Å²) in [6, 6.07) is 23.9. The van der Waals surface area contributed by atoms with Gasteiger partial charge in [0.25, 0.3) is 0 Å². The topological polar surface area (TPSA) is 104 Å². The van der Waals surface area contributed by atoms with Crippen molar-refractivity contribution in [3.05, 3.63) is 102 Å². The highest BCUT2D eigenvalue weighted by atomic mass is 32.2. The highest BCUT2D eigenvalue weighted by Crippen LogP contribution is 2.35. The number of imide groups is 1. The third-order valence-corrected chi connectivity index (χ3v) is 6.46. The van der Waals surface area contributed by atoms with Crippen LogP contribution in [0.2, 0.25) is 0 Å². The molecule has 4 rings (SSSR count). The molecule has 8 heteroatoms. The van der Waals surface area contributed by atoms with Gasteiger partial charge in [-0.3, -0.25) is 14.4 Å². The molecule has 3 amide bonds. The van der Waals surface area contributed by atoms with Gasteiger partial charge in [-0.2, -0.15) is 0 Å². The van der Waals surface area contributed by atoms with Crippen molar-refractivity contribution in [1.82, 2.24) is 0 Å². The van der Waals surface area contributed by atoms with Gasteiger partial charge in [0, 0.05) is 29.2 Å². The van der Waals surface area contributed by atoms with Crippen LogP contribution in [0.3, 0.4) is 0 Å². The molecule has 0 bridgehead atoms. The van der Waals surface area contributed by atoms with Gasteiger partial charge in [0.2, 0.25) is 17.7 Å². The molecule has 3 aromatic rings. The van der Waals surface area contributed by atoms with Gasteiger partial charge >= 0.3 is 5.97 Å². The molecule has 0 radical (unpaired) electrons. The van der Waals surface area contributed by atoms with Crippen molar-refractivity contribution in [2.24, 2.45) is 0 Å². The Balaban J connectivity index is 1.41. The number of thioether (sulfide) groups is 1. The van der Waals surface area contributed by atoms with Crippen LogP contribution in [-0.2, 0) is 19.2 Å². The Bertz CT molecular complexity index is 1350. The van der Waals surface area contributed by atoms with Crippen LogP contribution >= 0.6 is 11.8 Å². The first-order valence-corrected chi connectivity index (χ1v) is 12.0. The van der Waals surface area contributed by atoms with E-state index in [1.165, 1.54) is 16.7 Å². The fourth-order valence-electron chi connectivity index (χ4n) is 3.60. The standard InChI is InChI=1S/C28H22N2O5S/c31-25(15-16-27(33)34)29-21-7-4-8-23(17-21)36-24-18-26(32)30(28(24)35)22-13-11-20(12-14-22)10-9-19-5-2-1-3-6-19/h1-17,24H,18H2,(H,29,31)(H,33,34)/b10-9+,16-15+. The molecule has 1 fully saturated rings. The summed E-state index contributed by atoms with van der Waals surface area (Å²) in [4.78, 5) is 50.0. The number of nitrogens with one attached hydrogen (secondary N) is 1. The van der Waals surface area contributed by atoms with Crippen molar-refractivity contribution in [2.75, 3.05) is 10.2 Å². The van der Waals surface area contributed by atoms with Crippen LogP contribution in [0.25, 0.3) is 12.2 Å². The van der Waals surface area contributed by atoms with Crippen LogP contribution in [0, 0.1) is 0 Å². The summed E-state index contributed by atoms with van der Waals surface area (Å²) in [6.45, 7) is 0. The zero-order valence-corrected chi connectivity index (χ0v) is 19.9. The first-order valence-electron chi connectivity index (χ1n) is 11.1. The number of anilines is 2. The number of carboxylic acids is 1. The predicted molar refractivity (Wildman–Crippen MR) is 140 cm³/mol. The molecule has 180 valence electrons. The second-order valence-corrected chi connectivity index (χ2v) is 9.18. The van der Waals surface area contributed by atoms with E-state index in [1.54, 1.807) is 36.4 Å². The smallest absolute Gasteiger partial charge is 0.328 e. The Hall–Kier alpha value is -4.43. The molecular formula is C28H22N2O5S. The van der Waals surface area contributed by atoms with Crippen LogP contribution in [0.4, 0.5) is 11.4 Å². The summed E-state index contributed by atoms with van der Waals surface area (Å²) in [5.74, 6) is -2.37. The minimum atomic E-state index is -1.22. The maximum absolute atomic E-state index is 13.1. The van der Waals surface area contributed by atoms with E-state index in [1.807, 2.05) is 54.6 Å². The molecule has 1 unspecified atom stereocenters. The van der Waals surface area contributed by atoms with E-state index in [9.17, 15) is 19.2 Å². The lowest BCUT2D eigenvalue weighted by Crippen LogP contribution is -2.31. The molecule has 0 saturated carbocycles. The first kappa shape index (κ1) is 24.7. The Kier molecular flexibility index (Phi) is 7.77. The number of amides is 3. The number of rotatable bonds is 8. The van der Waals surface area contributed by atoms with Gasteiger partial charge in [0.15, 0.2) is 0 Å². The van der Waals surface area contributed by atoms with E-state index in [4.69, 9.17) is 5.11 Å². The molecule has 1 aliphatic heterocycles. The summed E-state index contributed by atoms with van der Waals surface area (Å²) in [5.41, 5.74) is 3.00. The second kappa shape index (κ2) is 11.3. The van der Waals surface area contributed by atoms with Gasteiger partial charge in [-0.15, -0.1) is 11.8 Å². The SMILES string of the molecule is O=C(O)/C=C/C(=O)Nc1cccc(SC2CC(=O)N(c3ccc(/C=C/c4ccccc4)cc3)C2=O)c1. The van der Waals surface area contributed by atoms with E-state index in [0.29, 0.717) is 16.3 Å². The van der Waals surface area contributed by atoms with E-state index >= 15 is 0 Å². The summed E-state index contributed by atoms with van der Waals surface area (Å²) in [7, 11) is 0. The number of carbonyl (C=O) groups is 4. The predicted octanol–water partition coefficient (Wildman–Crippen LogP) is 4.86. The van der Waals surface area contributed by atoms with Crippen molar-refractivity contribution >= 4 is 59.0 Å². The molecule has 3 aromatic carbocycles. The molecule has 0 aromatic heterocycles. The van der Waals surface area contributed by atoms with Gasteiger partial charge in [-0.05, 0) is 41.5 Å². The van der Waals surface area contributed by atoms with E-state index < -0.39 is 17.1 Å². The van der Waals surface area contributed by atoms with Crippen LogP contribution in [-0.4, -0.2) is 34.0 Å². The number of aliphatic carboxylic acids is 1. The molecule has 1 heterocycles. The Morgan fingerprint density at radius 2 is 1.58 bits per heavy atom. The van der Waals surface area contributed by atoms with Crippen molar-refractivity contribution in [1.29, 1.82) is 0 Å². The molecule has 36 heavy (non-hydrogen) atoms. The van der Waals surface area contributed by atoms with Gasteiger partial charge in [0.05, 0.1) is 10.9 Å². The fourth-order valence-corrected chi connectivity index (χ4v) is 4.71. The van der Waals surface area contributed by atoms with Gasteiger partial charge in [-0.25, -0.2) is 9.69 Å². The average molecular weight is 499 g/mol. The number of nitrogens with zero attached hydrogens (tertiary/aromatic N) is 1. The quantitative estimate of drug-likeness (QED) is 0.261. The lowest BCUT2D eigenvalue weighted by atomic mass is 10.1. The maximum Gasteiger partial charge on any atom is 0.328 e. The fraction of sp³-hybridized carbons (Fsp3) is 0.0714.